The maximum atomic E-state index is 12.0. The number of carbonyl (C=O) groups is 1. The van der Waals surface area contributed by atoms with Gasteiger partial charge in [-0.05, 0) is 49.1 Å². The molecule has 2 aliphatic carbocycles. The SMILES string of the molecule is O=C(C[C@@H]1C[C@H]2CC[C@@H]1C2)Nc1ccccc1Cl. The molecule has 0 heterocycles. The van der Waals surface area contributed by atoms with E-state index < -0.39 is 0 Å². The summed E-state index contributed by atoms with van der Waals surface area (Å²) < 4.78 is 0. The molecule has 0 saturated heterocycles. The highest BCUT2D eigenvalue weighted by Gasteiger charge is 2.40. The molecule has 2 fully saturated rings. The molecular weight excluding hydrogens is 246 g/mol. The molecule has 2 bridgehead atoms. The fourth-order valence-corrected chi connectivity index (χ4v) is 3.81. The summed E-state index contributed by atoms with van der Waals surface area (Å²) >= 11 is 6.03. The lowest BCUT2D eigenvalue weighted by Crippen LogP contribution is -2.20. The summed E-state index contributed by atoms with van der Waals surface area (Å²) in [4.78, 5) is 12.0. The van der Waals surface area contributed by atoms with E-state index in [0.717, 1.165) is 17.5 Å². The predicted molar refractivity (Wildman–Crippen MR) is 73.6 cm³/mol. The van der Waals surface area contributed by atoms with Gasteiger partial charge >= 0.3 is 0 Å². The van der Waals surface area contributed by atoms with E-state index in [2.05, 4.69) is 5.32 Å². The molecule has 3 atom stereocenters. The van der Waals surface area contributed by atoms with Crippen LogP contribution >= 0.6 is 11.6 Å². The zero-order valence-corrected chi connectivity index (χ0v) is 11.1. The average molecular weight is 264 g/mol. The van der Waals surface area contributed by atoms with Crippen molar-refractivity contribution in [1.29, 1.82) is 0 Å². The molecule has 0 radical (unpaired) electrons. The van der Waals surface area contributed by atoms with Crippen LogP contribution in [0.2, 0.25) is 5.02 Å². The van der Waals surface area contributed by atoms with Gasteiger partial charge in [-0.1, -0.05) is 30.2 Å². The van der Waals surface area contributed by atoms with E-state index in [0.29, 0.717) is 17.4 Å². The first-order valence-electron chi connectivity index (χ1n) is 6.77. The number of halogens is 1. The van der Waals surface area contributed by atoms with Gasteiger partial charge < -0.3 is 5.32 Å². The summed E-state index contributed by atoms with van der Waals surface area (Å²) in [6.45, 7) is 0. The van der Waals surface area contributed by atoms with E-state index in [1.165, 1.54) is 25.7 Å². The fourth-order valence-electron chi connectivity index (χ4n) is 3.63. The number of hydrogen-bond donors (Lipinski definition) is 1. The lowest BCUT2D eigenvalue weighted by Gasteiger charge is -2.21. The Morgan fingerprint density at radius 2 is 2.11 bits per heavy atom. The highest BCUT2D eigenvalue weighted by Crippen LogP contribution is 2.49. The van der Waals surface area contributed by atoms with Crippen molar-refractivity contribution in [3.63, 3.8) is 0 Å². The van der Waals surface area contributed by atoms with Crippen molar-refractivity contribution >= 4 is 23.2 Å². The van der Waals surface area contributed by atoms with Crippen LogP contribution in [-0.4, -0.2) is 5.91 Å². The van der Waals surface area contributed by atoms with Crippen LogP contribution in [0.15, 0.2) is 24.3 Å². The van der Waals surface area contributed by atoms with Gasteiger partial charge in [0.25, 0.3) is 0 Å². The van der Waals surface area contributed by atoms with Gasteiger partial charge in [-0.3, -0.25) is 4.79 Å². The van der Waals surface area contributed by atoms with Crippen LogP contribution in [0.5, 0.6) is 0 Å². The van der Waals surface area contributed by atoms with Gasteiger partial charge in [-0.2, -0.15) is 0 Å². The molecule has 3 heteroatoms. The van der Waals surface area contributed by atoms with Gasteiger partial charge in [-0.15, -0.1) is 0 Å². The maximum Gasteiger partial charge on any atom is 0.224 e. The molecule has 1 amide bonds. The molecule has 18 heavy (non-hydrogen) atoms. The Labute approximate surface area is 113 Å². The second kappa shape index (κ2) is 4.93. The number of carbonyl (C=O) groups excluding carboxylic acids is 1. The molecule has 2 aliphatic rings. The van der Waals surface area contributed by atoms with Crippen molar-refractivity contribution in [3.05, 3.63) is 29.3 Å². The minimum Gasteiger partial charge on any atom is -0.325 e. The van der Waals surface area contributed by atoms with Crippen molar-refractivity contribution < 1.29 is 4.79 Å². The molecule has 2 nitrogen and oxygen atoms in total. The molecule has 1 aromatic carbocycles. The Hall–Kier alpha value is -1.02. The Morgan fingerprint density at radius 1 is 1.28 bits per heavy atom. The van der Waals surface area contributed by atoms with Crippen LogP contribution in [-0.2, 0) is 4.79 Å². The first-order chi connectivity index (χ1) is 8.72. The van der Waals surface area contributed by atoms with Crippen molar-refractivity contribution in [1.82, 2.24) is 0 Å². The molecular formula is C15H18ClNO. The van der Waals surface area contributed by atoms with Crippen molar-refractivity contribution in [2.75, 3.05) is 5.32 Å². The monoisotopic (exact) mass is 263 g/mol. The largest absolute Gasteiger partial charge is 0.325 e. The van der Waals surface area contributed by atoms with Gasteiger partial charge in [0.15, 0.2) is 0 Å². The Kier molecular flexibility index (Phi) is 3.29. The molecule has 0 spiro atoms. The van der Waals surface area contributed by atoms with Crippen molar-refractivity contribution in [2.45, 2.75) is 32.1 Å². The van der Waals surface area contributed by atoms with Crippen LogP contribution in [0.1, 0.15) is 32.1 Å². The zero-order chi connectivity index (χ0) is 12.5. The molecule has 0 aliphatic heterocycles. The first-order valence-corrected chi connectivity index (χ1v) is 7.14. The number of anilines is 1. The summed E-state index contributed by atoms with van der Waals surface area (Å²) in [5, 5.41) is 3.54. The van der Waals surface area contributed by atoms with Crippen molar-refractivity contribution in [2.24, 2.45) is 17.8 Å². The van der Waals surface area contributed by atoms with E-state index in [9.17, 15) is 4.79 Å². The zero-order valence-electron chi connectivity index (χ0n) is 10.4. The molecule has 3 rings (SSSR count). The van der Waals surface area contributed by atoms with Crippen LogP contribution < -0.4 is 5.32 Å². The minimum atomic E-state index is 0.112. The number of amides is 1. The third-order valence-corrected chi connectivity index (χ3v) is 4.81. The van der Waals surface area contributed by atoms with Crippen LogP contribution in [0.25, 0.3) is 0 Å². The fraction of sp³-hybridized carbons (Fsp3) is 0.533. The summed E-state index contributed by atoms with van der Waals surface area (Å²) in [5.74, 6) is 2.41. The van der Waals surface area contributed by atoms with Gasteiger partial charge in [0, 0.05) is 6.42 Å². The third-order valence-electron chi connectivity index (χ3n) is 4.48. The molecule has 1 aromatic rings. The lowest BCUT2D eigenvalue weighted by atomic mass is 9.86. The first kappa shape index (κ1) is 12.0. The van der Waals surface area contributed by atoms with E-state index in [1.54, 1.807) is 6.07 Å². The Balaban J connectivity index is 1.58. The number of fused-ring (bicyclic) bond motifs is 2. The normalized spacial score (nSPS) is 29.5. The van der Waals surface area contributed by atoms with E-state index in [-0.39, 0.29) is 5.91 Å². The third kappa shape index (κ3) is 2.39. The van der Waals surface area contributed by atoms with Gasteiger partial charge in [0.05, 0.1) is 10.7 Å². The van der Waals surface area contributed by atoms with Crippen LogP contribution in [0, 0.1) is 17.8 Å². The molecule has 1 N–H and O–H groups in total. The van der Waals surface area contributed by atoms with Gasteiger partial charge in [-0.25, -0.2) is 0 Å². The summed E-state index contributed by atoms with van der Waals surface area (Å²) in [7, 11) is 0. The number of rotatable bonds is 3. The number of hydrogen-bond acceptors (Lipinski definition) is 1. The topological polar surface area (TPSA) is 29.1 Å². The summed E-state index contributed by atoms with van der Waals surface area (Å²) in [6, 6.07) is 7.41. The number of para-hydroxylation sites is 1. The van der Waals surface area contributed by atoms with Crippen LogP contribution in [0.3, 0.4) is 0 Å². The summed E-state index contributed by atoms with van der Waals surface area (Å²) in [6.07, 6.45) is 5.97. The van der Waals surface area contributed by atoms with Crippen LogP contribution in [0.4, 0.5) is 5.69 Å². The van der Waals surface area contributed by atoms with Crippen molar-refractivity contribution in [3.8, 4) is 0 Å². The van der Waals surface area contributed by atoms with E-state index in [1.807, 2.05) is 18.2 Å². The maximum absolute atomic E-state index is 12.0. The Morgan fingerprint density at radius 3 is 2.78 bits per heavy atom. The smallest absolute Gasteiger partial charge is 0.224 e. The summed E-state index contributed by atoms with van der Waals surface area (Å²) in [5.41, 5.74) is 0.729. The van der Waals surface area contributed by atoms with Gasteiger partial charge in [0.1, 0.15) is 0 Å². The number of nitrogens with one attached hydrogen (secondary N) is 1. The standard InChI is InChI=1S/C15H18ClNO/c16-13-3-1-2-4-14(13)17-15(18)9-12-8-10-5-6-11(12)7-10/h1-4,10-12H,5-9H2,(H,17,18)/t10-,11+,12-/m0/s1. The number of benzene rings is 1. The highest BCUT2D eigenvalue weighted by atomic mass is 35.5. The second-order valence-corrected chi connectivity index (χ2v) is 6.07. The molecule has 0 aromatic heterocycles. The highest BCUT2D eigenvalue weighted by molar-refractivity contribution is 6.33. The second-order valence-electron chi connectivity index (χ2n) is 5.67. The predicted octanol–water partition coefficient (Wildman–Crippen LogP) is 4.10. The van der Waals surface area contributed by atoms with Gasteiger partial charge in [0.2, 0.25) is 5.91 Å². The van der Waals surface area contributed by atoms with E-state index in [4.69, 9.17) is 11.6 Å². The molecule has 0 unspecified atom stereocenters. The Bertz CT molecular complexity index is 460. The lowest BCUT2D eigenvalue weighted by molar-refractivity contribution is -0.117. The van der Waals surface area contributed by atoms with E-state index >= 15 is 0 Å². The molecule has 2 saturated carbocycles. The minimum absolute atomic E-state index is 0.112. The quantitative estimate of drug-likeness (QED) is 0.874. The molecule has 96 valence electrons. The average Bonchev–Trinajstić information content (AvgIpc) is 2.94.